The molecule has 0 saturated carbocycles. The minimum Gasteiger partial charge on any atom is -0.481 e. The van der Waals surface area contributed by atoms with Gasteiger partial charge >= 0.3 is 12.1 Å². The molecular formula is C34H39N3O5. The average molecular weight is 570 g/mol. The number of piperidine rings is 1. The lowest BCUT2D eigenvalue weighted by Crippen LogP contribution is -2.64. The van der Waals surface area contributed by atoms with Crippen LogP contribution < -0.4 is 10.6 Å². The monoisotopic (exact) mass is 569 g/mol. The van der Waals surface area contributed by atoms with Gasteiger partial charge in [0, 0.05) is 31.6 Å². The van der Waals surface area contributed by atoms with E-state index < -0.39 is 23.6 Å². The topological polar surface area (TPSA) is 108 Å². The molecule has 3 aromatic carbocycles. The second-order valence-corrected chi connectivity index (χ2v) is 11.4. The third-order valence-electron chi connectivity index (χ3n) is 8.47. The molecule has 0 unspecified atom stereocenters. The van der Waals surface area contributed by atoms with Gasteiger partial charge in [0.1, 0.15) is 12.1 Å². The van der Waals surface area contributed by atoms with Crippen LogP contribution in [0.1, 0.15) is 61.6 Å². The Morgan fingerprint density at radius 3 is 2.12 bits per heavy atom. The summed E-state index contributed by atoms with van der Waals surface area (Å²) >= 11 is 0. The van der Waals surface area contributed by atoms with Crippen molar-refractivity contribution in [1.82, 2.24) is 15.5 Å². The van der Waals surface area contributed by atoms with E-state index in [1.807, 2.05) is 49.4 Å². The van der Waals surface area contributed by atoms with Gasteiger partial charge in [0.15, 0.2) is 0 Å². The van der Waals surface area contributed by atoms with Gasteiger partial charge < -0.3 is 20.5 Å². The highest BCUT2D eigenvalue weighted by Crippen LogP contribution is 2.44. The Balaban J connectivity index is 1.29. The van der Waals surface area contributed by atoms with Crippen LogP contribution in [-0.2, 0) is 20.9 Å². The number of carbonyl (C=O) groups excluding carboxylic acids is 2. The Morgan fingerprint density at radius 2 is 1.52 bits per heavy atom. The second-order valence-electron chi connectivity index (χ2n) is 11.4. The maximum atomic E-state index is 13.8. The molecular weight excluding hydrogens is 530 g/mol. The highest BCUT2D eigenvalue weighted by atomic mass is 16.5. The zero-order valence-corrected chi connectivity index (χ0v) is 24.1. The number of benzene rings is 3. The van der Waals surface area contributed by atoms with Crippen LogP contribution >= 0.6 is 0 Å². The smallest absolute Gasteiger partial charge is 0.408 e. The first-order chi connectivity index (χ1) is 20.4. The van der Waals surface area contributed by atoms with Crippen molar-refractivity contribution in [3.63, 3.8) is 0 Å². The van der Waals surface area contributed by atoms with Gasteiger partial charge in [-0.2, -0.15) is 0 Å². The SMILES string of the molecule is CCC[C@@H](CC(=O)O)NC(=O)C1(NC(=O)OCC2c3ccccc3-c3ccccc32)CCN(Cc2ccccc2)CC1. The number of nitrogens with one attached hydrogen (secondary N) is 2. The van der Waals surface area contributed by atoms with E-state index in [9.17, 15) is 19.5 Å². The van der Waals surface area contributed by atoms with Crippen molar-refractivity contribution in [1.29, 1.82) is 0 Å². The predicted molar refractivity (Wildman–Crippen MR) is 161 cm³/mol. The van der Waals surface area contributed by atoms with Crippen molar-refractivity contribution in [2.75, 3.05) is 19.7 Å². The van der Waals surface area contributed by atoms with Crippen LogP contribution in [0.4, 0.5) is 4.79 Å². The number of rotatable bonds is 11. The van der Waals surface area contributed by atoms with Crippen LogP contribution in [0.25, 0.3) is 11.1 Å². The van der Waals surface area contributed by atoms with Crippen LogP contribution in [-0.4, -0.2) is 59.3 Å². The first-order valence-electron chi connectivity index (χ1n) is 14.8. The van der Waals surface area contributed by atoms with Crippen molar-refractivity contribution in [2.24, 2.45) is 0 Å². The maximum absolute atomic E-state index is 13.8. The highest BCUT2D eigenvalue weighted by Gasteiger charge is 2.44. The fourth-order valence-electron chi connectivity index (χ4n) is 6.28. The van der Waals surface area contributed by atoms with E-state index in [1.54, 1.807) is 0 Å². The van der Waals surface area contributed by atoms with Crippen LogP contribution in [0.5, 0.6) is 0 Å². The molecule has 220 valence electrons. The normalized spacial score (nSPS) is 16.6. The molecule has 2 amide bonds. The number of fused-ring (bicyclic) bond motifs is 3. The molecule has 1 saturated heterocycles. The van der Waals surface area contributed by atoms with Crippen LogP contribution in [0.2, 0.25) is 0 Å². The standard InChI is InChI=1S/C34H39N3O5/c1-2-10-25(21-31(38)39)35-32(40)34(17-19-37(20-18-34)22-24-11-4-3-5-12-24)36-33(41)42-23-30-28-15-8-6-13-26(28)27-14-7-9-16-29(27)30/h3-9,11-16,25,30H,2,10,17-23H2,1H3,(H,35,40)(H,36,41)(H,38,39)/t25-/m0/s1. The summed E-state index contributed by atoms with van der Waals surface area (Å²) < 4.78 is 5.82. The molecule has 0 bridgehead atoms. The van der Waals surface area contributed by atoms with E-state index in [0.717, 1.165) is 35.2 Å². The third kappa shape index (κ3) is 6.65. The molecule has 5 rings (SSSR count). The number of amides is 2. The number of likely N-dealkylation sites (tertiary alicyclic amines) is 1. The summed E-state index contributed by atoms with van der Waals surface area (Å²) in [5.41, 5.74) is 4.51. The van der Waals surface area contributed by atoms with Gasteiger partial charge in [-0.15, -0.1) is 0 Å². The van der Waals surface area contributed by atoms with Gasteiger partial charge in [0.2, 0.25) is 5.91 Å². The Morgan fingerprint density at radius 1 is 0.929 bits per heavy atom. The number of ether oxygens (including phenoxy) is 1. The van der Waals surface area contributed by atoms with Crippen molar-refractivity contribution in [3.8, 4) is 11.1 Å². The van der Waals surface area contributed by atoms with Crippen molar-refractivity contribution >= 4 is 18.0 Å². The molecule has 1 fully saturated rings. The fraction of sp³-hybridized carbons (Fsp3) is 0.382. The molecule has 8 nitrogen and oxygen atoms in total. The minimum atomic E-state index is -1.19. The molecule has 1 aliphatic carbocycles. The zero-order chi connectivity index (χ0) is 29.5. The maximum Gasteiger partial charge on any atom is 0.408 e. The van der Waals surface area contributed by atoms with E-state index in [4.69, 9.17) is 4.74 Å². The van der Waals surface area contributed by atoms with Gasteiger partial charge in [0.05, 0.1) is 6.42 Å². The van der Waals surface area contributed by atoms with E-state index in [2.05, 4.69) is 51.9 Å². The van der Waals surface area contributed by atoms with E-state index in [1.165, 1.54) is 5.56 Å². The predicted octanol–water partition coefficient (Wildman–Crippen LogP) is 5.32. The molecule has 0 spiro atoms. The number of hydrogen-bond donors (Lipinski definition) is 3. The number of nitrogens with zero attached hydrogens (tertiary/aromatic N) is 1. The molecule has 3 N–H and O–H groups in total. The Bertz CT molecular complexity index is 1360. The summed E-state index contributed by atoms with van der Waals surface area (Å²) in [6.07, 6.45) is 1.24. The lowest BCUT2D eigenvalue weighted by molar-refractivity contribution is -0.138. The summed E-state index contributed by atoms with van der Waals surface area (Å²) in [6, 6.07) is 25.9. The molecule has 8 heteroatoms. The van der Waals surface area contributed by atoms with Crippen molar-refractivity contribution in [3.05, 3.63) is 95.6 Å². The van der Waals surface area contributed by atoms with E-state index in [-0.39, 0.29) is 24.9 Å². The number of carboxylic acids is 1. The van der Waals surface area contributed by atoms with Crippen LogP contribution in [0.15, 0.2) is 78.9 Å². The van der Waals surface area contributed by atoms with Crippen molar-refractivity contribution < 1.29 is 24.2 Å². The number of aliphatic carboxylic acids is 1. The quantitative estimate of drug-likeness (QED) is 0.289. The summed E-state index contributed by atoms with van der Waals surface area (Å²) in [4.78, 5) is 40.8. The molecule has 2 aliphatic rings. The van der Waals surface area contributed by atoms with Crippen LogP contribution in [0, 0.1) is 0 Å². The van der Waals surface area contributed by atoms with Crippen molar-refractivity contribution in [2.45, 2.75) is 63.1 Å². The molecule has 42 heavy (non-hydrogen) atoms. The Labute approximate surface area is 247 Å². The van der Waals surface area contributed by atoms with E-state index in [0.29, 0.717) is 32.4 Å². The van der Waals surface area contributed by atoms with Gasteiger partial charge in [-0.05, 0) is 47.1 Å². The zero-order valence-electron chi connectivity index (χ0n) is 24.1. The first kappa shape index (κ1) is 29.3. The molecule has 1 atom stereocenters. The number of carboxylic acid groups (broad SMARTS) is 1. The lowest BCUT2D eigenvalue weighted by atomic mass is 9.85. The Kier molecular flexibility index (Phi) is 9.22. The van der Waals surface area contributed by atoms with Gasteiger partial charge in [-0.3, -0.25) is 14.5 Å². The largest absolute Gasteiger partial charge is 0.481 e. The highest BCUT2D eigenvalue weighted by molar-refractivity contribution is 5.90. The number of alkyl carbamates (subject to hydrolysis) is 1. The summed E-state index contributed by atoms with van der Waals surface area (Å²) in [5.74, 6) is -1.41. The first-order valence-corrected chi connectivity index (χ1v) is 14.8. The molecule has 1 heterocycles. The molecule has 1 aliphatic heterocycles. The average Bonchev–Trinajstić information content (AvgIpc) is 3.31. The van der Waals surface area contributed by atoms with Gasteiger partial charge in [-0.25, -0.2) is 4.79 Å². The fourth-order valence-corrected chi connectivity index (χ4v) is 6.28. The molecule has 3 aromatic rings. The van der Waals surface area contributed by atoms with Gasteiger partial charge in [-0.1, -0.05) is 92.2 Å². The lowest BCUT2D eigenvalue weighted by Gasteiger charge is -2.41. The summed E-state index contributed by atoms with van der Waals surface area (Å²) in [7, 11) is 0. The number of hydrogen-bond acceptors (Lipinski definition) is 5. The summed E-state index contributed by atoms with van der Waals surface area (Å²) in [5, 5.41) is 15.3. The third-order valence-corrected chi connectivity index (χ3v) is 8.47. The number of carbonyl (C=O) groups is 3. The second kappa shape index (κ2) is 13.2. The summed E-state index contributed by atoms with van der Waals surface area (Å²) in [6.45, 7) is 4.05. The molecule has 0 radical (unpaired) electrons. The molecule has 0 aromatic heterocycles. The minimum absolute atomic E-state index is 0.0925. The Hall–Kier alpha value is -4.17. The van der Waals surface area contributed by atoms with E-state index >= 15 is 0 Å². The van der Waals surface area contributed by atoms with Crippen LogP contribution in [0.3, 0.4) is 0 Å². The van der Waals surface area contributed by atoms with Gasteiger partial charge in [0.25, 0.3) is 0 Å².